The van der Waals surface area contributed by atoms with Crippen LogP contribution in [0.2, 0.25) is 0 Å². The number of rotatable bonds is 6. The fourth-order valence-corrected chi connectivity index (χ4v) is 3.73. The number of hydrogen-bond acceptors (Lipinski definition) is 6. The lowest BCUT2D eigenvalue weighted by Gasteiger charge is -2.02. The van der Waals surface area contributed by atoms with Crippen LogP contribution in [0.4, 0.5) is 9.52 Å². The monoisotopic (exact) mass is 355 g/mol. The van der Waals surface area contributed by atoms with Crippen LogP contribution >= 0.6 is 11.3 Å². The van der Waals surface area contributed by atoms with Gasteiger partial charge in [-0.15, -0.1) is 5.10 Å². The van der Waals surface area contributed by atoms with E-state index >= 15 is 0 Å². The molecule has 1 aromatic carbocycles. The van der Waals surface area contributed by atoms with Gasteiger partial charge in [-0.3, -0.25) is 0 Å². The summed E-state index contributed by atoms with van der Waals surface area (Å²) in [6, 6.07) is 6.15. The molecule has 122 valence electrons. The van der Waals surface area contributed by atoms with E-state index in [1.54, 1.807) is 19.1 Å². The molecule has 2 aromatic heterocycles. The number of imidazole rings is 1. The van der Waals surface area contributed by atoms with Gasteiger partial charge in [-0.25, -0.2) is 27.0 Å². The smallest absolute Gasteiger partial charge is 0.259 e. The van der Waals surface area contributed by atoms with Crippen molar-refractivity contribution in [3.8, 4) is 0 Å². The normalized spacial score (nSPS) is 11.9. The molecule has 0 spiro atoms. The molecule has 0 aliphatic carbocycles. The molecular formula is C13H14FN5O2S2. The Kier molecular flexibility index (Phi) is 4.28. The van der Waals surface area contributed by atoms with Crippen LogP contribution in [0, 0.1) is 5.82 Å². The number of benzene rings is 1. The molecule has 0 bridgehead atoms. The van der Waals surface area contributed by atoms with Gasteiger partial charge in [-0.05, 0) is 17.7 Å². The van der Waals surface area contributed by atoms with Crippen LogP contribution in [0.25, 0.3) is 4.96 Å². The summed E-state index contributed by atoms with van der Waals surface area (Å²) in [7, 11) is -3.59. The average Bonchev–Trinajstić information content (AvgIpc) is 3.05. The van der Waals surface area contributed by atoms with E-state index in [-0.39, 0.29) is 10.8 Å². The number of nitrogens with one attached hydrogen (secondary N) is 2. The number of hydrogen-bond donors (Lipinski definition) is 2. The van der Waals surface area contributed by atoms with Gasteiger partial charge in [0.15, 0.2) is 5.03 Å². The van der Waals surface area contributed by atoms with E-state index < -0.39 is 10.0 Å². The maximum Gasteiger partial charge on any atom is 0.259 e. The summed E-state index contributed by atoms with van der Waals surface area (Å²) in [5.74, 6) is -0.282. The predicted molar refractivity (Wildman–Crippen MR) is 85.5 cm³/mol. The molecule has 0 aliphatic heterocycles. The van der Waals surface area contributed by atoms with Crippen LogP contribution in [0.1, 0.15) is 12.5 Å². The van der Waals surface area contributed by atoms with E-state index in [1.165, 1.54) is 34.2 Å². The van der Waals surface area contributed by atoms with Crippen LogP contribution in [0.15, 0.2) is 35.5 Å². The highest BCUT2D eigenvalue weighted by Crippen LogP contribution is 2.21. The number of aromatic nitrogens is 3. The number of fused-ring (bicyclic) bond motifs is 1. The molecule has 23 heavy (non-hydrogen) atoms. The predicted octanol–water partition coefficient (Wildman–Crippen LogP) is 1.84. The molecule has 0 aliphatic rings. The summed E-state index contributed by atoms with van der Waals surface area (Å²) in [4.78, 5) is 4.54. The standard InChI is InChI=1S/C13H14FN5O2S2/c1-2-16-23(20,21)11-8-19-13(17-11)22-12(18-19)15-7-9-3-5-10(14)6-4-9/h3-6,8,16H,2,7H2,1H3,(H,15,18). The SMILES string of the molecule is CCNS(=O)(=O)c1cn2nc(NCc3ccc(F)cc3)sc2n1. The van der Waals surface area contributed by atoms with E-state index in [4.69, 9.17) is 0 Å². The number of anilines is 1. The fraction of sp³-hybridized carbons (Fsp3) is 0.231. The molecule has 3 rings (SSSR count). The van der Waals surface area contributed by atoms with Gasteiger partial charge >= 0.3 is 0 Å². The Bertz CT molecular complexity index is 886. The van der Waals surface area contributed by atoms with Crippen molar-refractivity contribution in [2.45, 2.75) is 18.5 Å². The Hall–Kier alpha value is -2.04. The van der Waals surface area contributed by atoms with E-state index in [1.807, 2.05) is 0 Å². The summed E-state index contributed by atoms with van der Waals surface area (Å²) in [6.07, 6.45) is 1.37. The minimum Gasteiger partial charge on any atom is -0.356 e. The Labute approximate surface area is 136 Å². The van der Waals surface area contributed by atoms with Gasteiger partial charge in [0.05, 0.1) is 6.20 Å². The van der Waals surface area contributed by atoms with Crippen molar-refractivity contribution in [1.82, 2.24) is 19.3 Å². The first-order chi connectivity index (χ1) is 11.0. The van der Waals surface area contributed by atoms with Crippen molar-refractivity contribution in [2.75, 3.05) is 11.9 Å². The number of halogens is 1. The number of nitrogens with zero attached hydrogens (tertiary/aromatic N) is 3. The Balaban J connectivity index is 1.74. The quantitative estimate of drug-likeness (QED) is 0.704. The Morgan fingerprint density at radius 1 is 1.30 bits per heavy atom. The highest BCUT2D eigenvalue weighted by molar-refractivity contribution is 7.89. The molecule has 7 nitrogen and oxygen atoms in total. The summed E-state index contributed by atoms with van der Waals surface area (Å²) < 4.78 is 40.4. The Morgan fingerprint density at radius 3 is 2.70 bits per heavy atom. The lowest BCUT2D eigenvalue weighted by atomic mass is 10.2. The van der Waals surface area contributed by atoms with Gasteiger partial charge in [0.2, 0.25) is 10.1 Å². The molecule has 2 heterocycles. The fourth-order valence-electron chi connectivity index (χ4n) is 1.92. The lowest BCUT2D eigenvalue weighted by Crippen LogP contribution is -2.23. The van der Waals surface area contributed by atoms with Crippen molar-refractivity contribution < 1.29 is 12.8 Å². The highest BCUT2D eigenvalue weighted by Gasteiger charge is 2.19. The zero-order chi connectivity index (χ0) is 16.4. The van der Waals surface area contributed by atoms with Gasteiger partial charge in [-0.1, -0.05) is 30.4 Å². The third-order valence-electron chi connectivity index (χ3n) is 2.99. The lowest BCUT2D eigenvalue weighted by molar-refractivity contribution is 0.580. The molecule has 0 unspecified atom stereocenters. The third-order valence-corrected chi connectivity index (χ3v) is 5.28. The summed E-state index contributed by atoms with van der Waals surface area (Å²) in [5, 5.41) is 7.88. The third kappa shape index (κ3) is 3.49. The van der Waals surface area contributed by atoms with E-state index in [0.29, 0.717) is 23.2 Å². The van der Waals surface area contributed by atoms with Crippen molar-refractivity contribution in [3.63, 3.8) is 0 Å². The van der Waals surface area contributed by atoms with Crippen LogP contribution in [0.5, 0.6) is 0 Å². The van der Waals surface area contributed by atoms with Crippen molar-refractivity contribution >= 4 is 31.5 Å². The second kappa shape index (κ2) is 6.22. The molecule has 0 saturated carbocycles. The second-order valence-electron chi connectivity index (χ2n) is 4.69. The van der Waals surface area contributed by atoms with Crippen molar-refractivity contribution in [3.05, 3.63) is 41.8 Å². The highest BCUT2D eigenvalue weighted by atomic mass is 32.2. The zero-order valence-electron chi connectivity index (χ0n) is 12.2. The largest absolute Gasteiger partial charge is 0.356 e. The molecule has 3 aromatic rings. The topological polar surface area (TPSA) is 88.4 Å². The van der Waals surface area contributed by atoms with E-state index in [2.05, 4.69) is 20.1 Å². The van der Waals surface area contributed by atoms with Crippen LogP contribution in [-0.2, 0) is 16.6 Å². The summed E-state index contributed by atoms with van der Waals surface area (Å²) in [6.45, 7) is 2.48. The minimum absolute atomic E-state index is 0.0526. The zero-order valence-corrected chi connectivity index (χ0v) is 13.8. The van der Waals surface area contributed by atoms with Crippen LogP contribution in [0.3, 0.4) is 0 Å². The van der Waals surface area contributed by atoms with Crippen LogP contribution < -0.4 is 10.0 Å². The van der Waals surface area contributed by atoms with E-state index in [0.717, 1.165) is 5.56 Å². The molecule has 0 amide bonds. The van der Waals surface area contributed by atoms with Gasteiger partial charge < -0.3 is 5.32 Å². The first-order valence-corrected chi connectivity index (χ1v) is 9.12. The second-order valence-corrected chi connectivity index (χ2v) is 7.36. The molecule has 10 heteroatoms. The first kappa shape index (κ1) is 15.8. The van der Waals surface area contributed by atoms with Gasteiger partial charge in [0, 0.05) is 13.1 Å². The maximum absolute atomic E-state index is 12.8. The molecular weight excluding hydrogens is 341 g/mol. The minimum atomic E-state index is -3.59. The molecule has 0 fully saturated rings. The molecule has 0 atom stereocenters. The molecule has 2 N–H and O–H groups in total. The average molecular weight is 355 g/mol. The molecule has 0 saturated heterocycles. The van der Waals surface area contributed by atoms with E-state index in [9.17, 15) is 12.8 Å². The van der Waals surface area contributed by atoms with Gasteiger partial charge in [0.25, 0.3) is 10.0 Å². The van der Waals surface area contributed by atoms with Gasteiger partial charge in [-0.2, -0.15) is 0 Å². The maximum atomic E-state index is 12.8. The molecule has 0 radical (unpaired) electrons. The van der Waals surface area contributed by atoms with Crippen LogP contribution in [-0.4, -0.2) is 29.6 Å². The van der Waals surface area contributed by atoms with Gasteiger partial charge in [0.1, 0.15) is 5.82 Å². The summed E-state index contributed by atoms with van der Waals surface area (Å²) >= 11 is 1.24. The number of sulfonamides is 1. The van der Waals surface area contributed by atoms with Crippen molar-refractivity contribution in [2.24, 2.45) is 0 Å². The first-order valence-electron chi connectivity index (χ1n) is 6.82. The summed E-state index contributed by atoms with van der Waals surface area (Å²) in [5.41, 5.74) is 0.912. The Morgan fingerprint density at radius 2 is 2.04 bits per heavy atom. The van der Waals surface area contributed by atoms with Crippen molar-refractivity contribution in [1.29, 1.82) is 0 Å².